The summed E-state index contributed by atoms with van der Waals surface area (Å²) < 4.78 is 0. The van der Waals surface area contributed by atoms with Gasteiger partial charge < -0.3 is 46.2 Å². The maximum Gasteiger partial charge on any atom is 0.222 e. The lowest BCUT2D eigenvalue weighted by atomic mass is 10.1. The van der Waals surface area contributed by atoms with Gasteiger partial charge in [-0.05, 0) is 91.6 Å². The minimum absolute atomic E-state index is 0.0905. The molecule has 0 saturated heterocycles. The van der Waals surface area contributed by atoms with Crippen molar-refractivity contribution < 1.29 is 45.0 Å². The van der Waals surface area contributed by atoms with Gasteiger partial charge in [0.2, 0.25) is 17.7 Å². The smallest absolute Gasteiger partial charge is 0.222 e. The molecule has 0 heterocycles. The van der Waals surface area contributed by atoms with Crippen LogP contribution in [0.25, 0.3) is 0 Å². The summed E-state index contributed by atoms with van der Waals surface area (Å²) in [4.78, 5) is 39.4. The van der Waals surface area contributed by atoms with Crippen LogP contribution in [0.3, 0.4) is 0 Å². The number of phenolic OH excluding ortho intramolecular Hbond substituents is 6. The summed E-state index contributed by atoms with van der Waals surface area (Å²) in [5.41, 5.74) is 2.16. The van der Waals surface area contributed by atoms with Crippen LogP contribution < -0.4 is 10.6 Å². The average molecular weight is 638 g/mol. The second kappa shape index (κ2) is 18.0. The van der Waals surface area contributed by atoms with Gasteiger partial charge in [-0.15, -0.1) is 0 Å². The maximum absolute atomic E-state index is 13.1. The number of carbonyl (C=O) groups is 3. The third kappa shape index (κ3) is 12.1. The number of aromatic hydroxyl groups is 6. The van der Waals surface area contributed by atoms with E-state index in [-0.39, 0.29) is 71.5 Å². The normalized spacial score (nSPS) is 10.8. The van der Waals surface area contributed by atoms with Crippen LogP contribution in [0, 0.1) is 0 Å². The molecule has 0 aliphatic heterocycles. The van der Waals surface area contributed by atoms with Gasteiger partial charge in [0.1, 0.15) is 0 Å². The number of benzene rings is 3. The van der Waals surface area contributed by atoms with Gasteiger partial charge in [0.05, 0.1) is 0 Å². The van der Waals surface area contributed by atoms with Crippen LogP contribution in [-0.2, 0) is 33.6 Å². The van der Waals surface area contributed by atoms with Crippen molar-refractivity contribution >= 4 is 17.7 Å². The molecule has 0 aliphatic rings. The second-order valence-corrected chi connectivity index (χ2v) is 11.1. The largest absolute Gasteiger partial charge is 0.504 e. The van der Waals surface area contributed by atoms with E-state index < -0.39 is 0 Å². The molecule has 0 radical (unpaired) electrons. The molecular formula is C34H43N3O9. The Morgan fingerprint density at radius 1 is 0.500 bits per heavy atom. The summed E-state index contributed by atoms with van der Waals surface area (Å²) in [6.07, 6.45) is 3.63. The van der Waals surface area contributed by atoms with Crippen LogP contribution >= 0.6 is 0 Å². The third-order valence-corrected chi connectivity index (χ3v) is 7.49. The molecule has 3 rings (SSSR count). The number of rotatable bonds is 18. The predicted molar refractivity (Wildman–Crippen MR) is 171 cm³/mol. The molecule has 248 valence electrons. The van der Waals surface area contributed by atoms with E-state index in [0.717, 1.165) is 11.1 Å². The van der Waals surface area contributed by atoms with E-state index in [0.29, 0.717) is 70.3 Å². The fourth-order valence-corrected chi connectivity index (χ4v) is 4.79. The van der Waals surface area contributed by atoms with Gasteiger partial charge in [0, 0.05) is 45.4 Å². The fraction of sp³-hybridized carbons (Fsp3) is 0.382. The Labute approximate surface area is 267 Å². The standard InChI is InChI=1S/C34H43N3O9/c38-26-10-4-23(20-29(26)41)7-13-32(44)35-16-1-2-18-37(34(46)15-9-25-6-12-28(40)31(43)22-25)19-3-17-36-33(45)14-8-24-5-11-27(39)30(42)21-24/h4-6,10-12,20-22,38-43H,1-3,7-9,13-19H2,(H,35,44)(H,36,45). The average Bonchev–Trinajstić information content (AvgIpc) is 3.03. The van der Waals surface area contributed by atoms with Crippen LogP contribution in [0.2, 0.25) is 0 Å². The van der Waals surface area contributed by atoms with Gasteiger partial charge in [-0.1, -0.05) is 18.2 Å². The van der Waals surface area contributed by atoms with E-state index in [1.165, 1.54) is 36.4 Å². The second-order valence-electron chi connectivity index (χ2n) is 11.1. The van der Waals surface area contributed by atoms with Gasteiger partial charge in [0.25, 0.3) is 0 Å². The topological polar surface area (TPSA) is 200 Å². The van der Waals surface area contributed by atoms with E-state index in [4.69, 9.17) is 0 Å². The van der Waals surface area contributed by atoms with Crippen LogP contribution in [0.5, 0.6) is 34.5 Å². The minimum Gasteiger partial charge on any atom is -0.504 e. The highest BCUT2D eigenvalue weighted by atomic mass is 16.3. The van der Waals surface area contributed by atoms with Crippen molar-refractivity contribution in [3.05, 3.63) is 71.3 Å². The van der Waals surface area contributed by atoms with Crippen molar-refractivity contribution in [1.29, 1.82) is 0 Å². The van der Waals surface area contributed by atoms with E-state index in [2.05, 4.69) is 10.6 Å². The summed E-state index contributed by atoms with van der Waals surface area (Å²) in [6, 6.07) is 13.3. The Hall–Kier alpha value is -5.13. The minimum atomic E-state index is -0.247. The molecule has 0 unspecified atom stereocenters. The predicted octanol–water partition coefficient (Wildman–Crippen LogP) is 3.35. The molecule has 0 spiro atoms. The number of carbonyl (C=O) groups excluding carboxylic acids is 3. The monoisotopic (exact) mass is 637 g/mol. The molecule has 3 amide bonds. The first-order valence-corrected chi connectivity index (χ1v) is 15.4. The number of amides is 3. The molecule has 8 N–H and O–H groups in total. The summed E-state index contributed by atoms with van der Waals surface area (Å²) in [5.74, 6) is -1.78. The van der Waals surface area contributed by atoms with Crippen molar-refractivity contribution in [3.8, 4) is 34.5 Å². The molecule has 3 aromatic carbocycles. The third-order valence-electron chi connectivity index (χ3n) is 7.49. The van der Waals surface area contributed by atoms with E-state index in [9.17, 15) is 45.0 Å². The summed E-state index contributed by atoms with van der Waals surface area (Å²) in [5, 5.41) is 63.1. The molecule has 12 nitrogen and oxygen atoms in total. The van der Waals surface area contributed by atoms with Crippen molar-refractivity contribution in [2.45, 2.75) is 57.8 Å². The Bertz CT molecular complexity index is 1480. The highest BCUT2D eigenvalue weighted by molar-refractivity contribution is 5.77. The van der Waals surface area contributed by atoms with Gasteiger partial charge in [-0.2, -0.15) is 0 Å². The molecular weight excluding hydrogens is 594 g/mol. The summed E-state index contributed by atoms with van der Waals surface area (Å²) in [7, 11) is 0. The lowest BCUT2D eigenvalue weighted by Crippen LogP contribution is -2.35. The first-order valence-electron chi connectivity index (χ1n) is 15.4. The first kappa shape index (κ1) is 35.4. The first-order chi connectivity index (χ1) is 22.0. The van der Waals surface area contributed by atoms with Gasteiger partial charge in [-0.3, -0.25) is 14.4 Å². The maximum atomic E-state index is 13.1. The highest BCUT2D eigenvalue weighted by Gasteiger charge is 2.15. The Kier molecular flexibility index (Phi) is 13.8. The lowest BCUT2D eigenvalue weighted by Gasteiger charge is -2.23. The summed E-state index contributed by atoms with van der Waals surface area (Å²) in [6.45, 7) is 1.67. The van der Waals surface area contributed by atoms with Crippen LogP contribution in [-0.4, -0.2) is 79.4 Å². The molecule has 0 atom stereocenters. The number of phenols is 6. The van der Waals surface area contributed by atoms with E-state index in [1.807, 2.05) is 0 Å². The molecule has 46 heavy (non-hydrogen) atoms. The quantitative estimate of drug-likeness (QED) is 0.0761. The molecule has 3 aromatic rings. The van der Waals surface area contributed by atoms with Crippen LogP contribution in [0.15, 0.2) is 54.6 Å². The number of hydrogen-bond donors (Lipinski definition) is 8. The van der Waals surface area contributed by atoms with Crippen molar-refractivity contribution in [1.82, 2.24) is 15.5 Å². The van der Waals surface area contributed by atoms with Crippen molar-refractivity contribution in [2.75, 3.05) is 26.2 Å². The van der Waals surface area contributed by atoms with Gasteiger partial charge in [0.15, 0.2) is 34.5 Å². The number of unbranched alkanes of at least 4 members (excludes halogenated alkanes) is 1. The zero-order valence-corrected chi connectivity index (χ0v) is 25.7. The summed E-state index contributed by atoms with van der Waals surface area (Å²) >= 11 is 0. The zero-order valence-electron chi connectivity index (χ0n) is 25.7. The number of nitrogens with zero attached hydrogens (tertiary/aromatic N) is 1. The SMILES string of the molecule is O=C(CCc1ccc(O)c(O)c1)NCCCCN(CCCNC(=O)CCc1ccc(O)c(O)c1)C(=O)CCc1ccc(O)c(O)c1. The molecule has 0 aliphatic carbocycles. The molecule has 0 fully saturated rings. The van der Waals surface area contributed by atoms with Crippen LogP contribution in [0.1, 0.15) is 55.2 Å². The fourth-order valence-electron chi connectivity index (χ4n) is 4.79. The number of hydrogen-bond acceptors (Lipinski definition) is 9. The Balaban J connectivity index is 1.41. The Morgan fingerprint density at radius 3 is 1.33 bits per heavy atom. The van der Waals surface area contributed by atoms with Crippen LogP contribution in [0.4, 0.5) is 0 Å². The number of aryl methyl sites for hydroxylation is 3. The van der Waals surface area contributed by atoms with Gasteiger partial charge >= 0.3 is 0 Å². The molecule has 0 aromatic heterocycles. The Morgan fingerprint density at radius 2 is 0.891 bits per heavy atom. The highest BCUT2D eigenvalue weighted by Crippen LogP contribution is 2.27. The molecule has 0 bridgehead atoms. The van der Waals surface area contributed by atoms with Crippen molar-refractivity contribution in [2.24, 2.45) is 0 Å². The molecule has 0 saturated carbocycles. The van der Waals surface area contributed by atoms with Crippen molar-refractivity contribution in [3.63, 3.8) is 0 Å². The number of nitrogens with one attached hydrogen (secondary N) is 2. The van der Waals surface area contributed by atoms with Gasteiger partial charge in [-0.25, -0.2) is 0 Å². The van der Waals surface area contributed by atoms with E-state index in [1.54, 1.807) is 23.1 Å². The lowest BCUT2D eigenvalue weighted by molar-refractivity contribution is -0.131. The zero-order chi connectivity index (χ0) is 33.5. The molecule has 12 heteroatoms. The van der Waals surface area contributed by atoms with E-state index >= 15 is 0 Å².